The predicted octanol–water partition coefficient (Wildman–Crippen LogP) is 4.62. The van der Waals surface area contributed by atoms with Crippen LogP contribution >= 0.6 is 0 Å². The van der Waals surface area contributed by atoms with Gasteiger partial charge < -0.3 is 18.8 Å². The Kier molecular flexibility index (Phi) is 5.53. The number of amides is 1. The summed E-state index contributed by atoms with van der Waals surface area (Å²) < 4.78 is 51.8. The number of carbonyl (C=O) groups excluding carboxylic acids is 1. The standard InChI is InChI=1S/C21H18F3N3O4/c1-29-16-5-2-4-14(12-16)18-25-26-19(30-18)17-6-3-11-27(17)20(28)13-7-9-15(10-8-13)31-21(22,23)24/h2,4-5,7-10,12,17H,3,6,11H2,1H3. The van der Waals surface area contributed by atoms with E-state index in [0.29, 0.717) is 36.1 Å². The summed E-state index contributed by atoms with van der Waals surface area (Å²) >= 11 is 0. The van der Waals surface area contributed by atoms with Crippen LogP contribution in [0.15, 0.2) is 52.9 Å². The van der Waals surface area contributed by atoms with Gasteiger partial charge in [0.25, 0.3) is 5.91 Å². The number of methoxy groups -OCH3 is 1. The first-order chi connectivity index (χ1) is 14.8. The van der Waals surface area contributed by atoms with E-state index in [2.05, 4.69) is 14.9 Å². The lowest BCUT2D eigenvalue weighted by molar-refractivity contribution is -0.274. The van der Waals surface area contributed by atoms with Crippen LogP contribution in [0.2, 0.25) is 0 Å². The van der Waals surface area contributed by atoms with Crippen LogP contribution in [0.3, 0.4) is 0 Å². The fourth-order valence-electron chi connectivity index (χ4n) is 3.47. The van der Waals surface area contributed by atoms with Gasteiger partial charge in [0.2, 0.25) is 11.8 Å². The second kappa shape index (κ2) is 8.29. The largest absolute Gasteiger partial charge is 0.573 e. The van der Waals surface area contributed by atoms with Crippen LogP contribution in [0.5, 0.6) is 11.5 Å². The zero-order valence-corrected chi connectivity index (χ0v) is 16.4. The Balaban J connectivity index is 1.51. The van der Waals surface area contributed by atoms with Gasteiger partial charge in [-0.1, -0.05) is 6.07 Å². The highest BCUT2D eigenvalue weighted by Gasteiger charge is 2.35. The van der Waals surface area contributed by atoms with Crippen molar-refractivity contribution in [2.45, 2.75) is 25.2 Å². The third-order valence-corrected chi connectivity index (χ3v) is 4.89. The van der Waals surface area contributed by atoms with E-state index in [0.717, 1.165) is 18.6 Å². The third-order valence-electron chi connectivity index (χ3n) is 4.89. The Bertz CT molecular complexity index is 1070. The molecule has 31 heavy (non-hydrogen) atoms. The maximum absolute atomic E-state index is 12.9. The van der Waals surface area contributed by atoms with Crippen molar-refractivity contribution in [3.05, 3.63) is 60.0 Å². The SMILES string of the molecule is COc1cccc(-c2nnc(C3CCCN3C(=O)c3ccc(OC(F)(F)F)cc3)o2)c1. The van der Waals surface area contributed by atoms with Gasteiger partial charge >= 0.3 is 6.36 Å². The van der Waals surface area contributed by atoms with Crippen molar-refractivity contribution in [2.24, 2.45) is 0 Å². The van der Waals surface area contributed by atoms with E-state index in [1.165, 1.54) is 12.1 Å². The number of alkyl halides is 3. The number of ether oxygens (including phenoxy) is 2. The molecule has 0 bridgehead atoms. The molecule has 1 amide bonds. The molecule has 0 aliphatic carbocycles. The molecule has 4 rings (SSSR count). The van der Waals surface area contributed by atoms with E-state index in [1.807, 2.05) is 6.07 Å². The number of hydrogen-bond donors (Lipinski definition) is 0. The summed E-state index contributed by atoms with van der Waals surface area (Å²) in [4.78, 5) is 14.5. The van der Waals surface area contributed by atoms with E-state index in [-0.39, 0.29) is 17.2 Å². The molecule has 2 aromatic carbocycles. The summed E-state index contributed by atoms with van der Waals surface area (Å²) in [6.45, 7) is 0.473. The lowest BCUT2D eigenvalue weighted by Gasteiger charge is -2.22. The van der Waals surface area contributed by atoms with Crippen molar-refractivity contribution in [2.75, 3.05) is 13.7 Å². The topological polar surface area (TPSA) is 77.7 Å². The van der Waals surface area contributed by atoms with Crippen molar-refractivity contribution >= 4 is 5.91 Å². The van der Waals surface area contributed by atoms with Gasteiger partial charge in [0.05, 0.1) is 7.11 Å². The number of hydrogen-bond acceptors (Lipinski definition) is 6. The minimum absolute atomic E-state index is 0.244. The molecule has 1 aromatic heterocycles. The van der Waals surface area contributed by atoms with Crippen molar-refractivity contribution < 1.29 is 31.9 Å². The van der Waals surface area contributed by atoms with E-state index < -0.39 is 12.4 Å². The summed E-state index contributed by atoms with van der Waals surface area (Å²) in [5, 5.41) is 8.20. The van der Waals surface area contributed by atoms with Crippen LogP contribution in [0, 0.1) is 0 Å². The molecule has 0 saturated carbocycles. The van der Waals surface area contributed by atoms with Crippen molar-refractivity contribution in [1.82, 2.24) is 15.1 Å². The first kappa shape index (κ1) is 20.7. The maximum Gasteiger partial charge on any atom is 0.573 e. The Morgan fingerprint density at radius 1 is 1.13 bits per heavy atom. The van der Waals surface area contributed by atoms with E-state index in [4.69, 9.17) is 9.15 Å². The smallest absolute Gasteiger partial charge is 0.497 e. The number of nitrogens with zero attached hydrogens (tertiary/aromatic N) is 3. The monoisotopic (exact) mass is 433 g/mol. The maximum atomic E-state index is 12.9. The molecular weight excluding hydrogens is 415 g/mol. The highest BCUT2D eigenvalue weighted by molar-refractivity contribution is 5.94. The van der Waals surface area contributed by atoms with Crippen LogP contribution in [0.4, 0.5) is 13.2 Å². The lowest BCUT2D eigenvalue weighted by atomic mass is 10.1. The molecule has 1 aliphatic heterocycles. The van der Waals surface area contributed by atoms with Crippen molar-refractivity contribution in [3.63, 3.8) is 0 Å². The second-order valence-corrected chi connectivity index (χ2v) is 6.91. The molecule has 1 fully saturated rings. The molecule has 162 valence electrons. The fraction of sp³-hybridized carbons (Fsp3) is 0.286. The van der Waals surface area contributed by atoms with Gasteiger partial charge in [0.15, 0.2) is 0 Å². The lowest BCUT2D eigenvalue weighted by Crippen LogP contribution is -2.30. The summed E-state index contributed by atoms with van der Waals surface area (Å²) in [6.07, 6.45) is -3.41. The molecule has 2 heterocycles. The second-order valence-electron chi connectivity index (χ2n) is 6.91. The first-order valence-corrected chi connectivity index (χ1v) is 9.48. The highest BCUT2D eigenvalue weighted by Crippen LogP contribution is 2.34. The van der Waals surface area contributed by atoms with Crippen LogP contribution in [-0.2, 0) is 0 Å². The molecule has 0 spiro atoms. The van der Waals surface area contributed by atoms with Gasteiger partial charge in [0, 0.05) is 17.7 Å². The predicted molar refractivity (Wildman–Crippen MR) is 102 cm³/mol. The van der Waals surface area contributed by atoms with E-state index in [1.54, 1.807) is 30.2 Å². The highest BCUT2D eigenvalue weighted by atomic mass is 19.4. The number of halogens is 3. The van der Waals surface area contributed by atoms with Crippen LogP contribution < -0.4 is 9.47 Å². The average Bonchev–Trinajstić information content (AvgIpc) is 3.42. The Morgan fingerprint density at radius 3 is 2.61 bits per heavy atom. The first-order valence-electron chi connectivity index (χ1n) is 9.48. The molecular formula is C21H18F3N3O4. The minimum atomic E-state index is -4.79. The summed E-state index contributed by atoms with van der Waals surface area (Å²) in [5.74, 6) is 0.541. The molecule has 0 N–H and O–H groups in total. The van der Waals surface area contributed by atoms with E-state index >= 15 is 0 Å². The summed E-state index contributed by atoms with van der Waals surface area (Å²) in [6, 6.07) is 11.6. The molecule has 1 unspecified atom stereocenters. The van der Waals surface area contributed by atoms with Crippen LogP contribution in [0.1, 0.15) is 35.1 Å². The Morgan fingerprint density at radius 2 is 1.90 bits per heavy atom. The zero-order valence-electron chi connectivity index (χ0n) is 16.4. The molecule has 1 saturated heterocycles. The van der Waals surface area contributed by atoms with Gasteiger partial charge in [-0.2, -0.15) is 0 Å². The van der Waals surface area contributed by atoms with Gasteiger partial charge in [-0.05, 0) is 55.3 Å². The zero-order chi connectivity index (χ0) is 22.0. The fourth-order valence-corrected chi connectivity index (χ4v) is 3.47. The average molecular weight is 433 g/mol. The number of aromatic nitrogens is 2. The van der Waals surface area contributed by atoms with Gasteiger partial charge in [0.1, 0.15) is 17.5 Å². The third kappa shape index (κ3) is 4.62. The quantitative estimate of drug-likeness (QED) is 0.584. The summed E-state index contributed by atoms with van der Waals surface area (Å²) in [5.41, 5.74) is 0.934. The van der Waals surface area contributed by atoms with Crippen LogP contribution in [0.25, 0.3) is 11.5 Å². The molecule has 1 atom stereocenters. The van der Waals surface area contributed by atoms with Gasteiger partial charge in [-0.15, -0.1) is 23.4 Å². The molecule has 1 aliphatic rings. The number of likely N-dealkylation sites (tertiary alicyclic amines) is 1. The van der Waals surface area contributed by atoms with Gasteiger partial charge in [-0.25, -0.2) is 0 Å². The molecule has 7 nitrogen and oxygen atoms in total. The Hall–Kier alpha value is -3.56. The number of carbonyl (C=O) groups is 1. The van der Waals surface area contributed by atoms with Crippen LogP contribution in [-0.4, -0.2) is 41.0 Å². The van der Waals surface area contributed by atoms with E-state index in [9.17, 15) is 18.0 Å². The molecule has 10 heteroatoms. The van der Waals surface area contributed by atoms with Crippen molar-refractivity contribution in [1.29, 1.82) is 0 Å². The number of rotatable bonds is 5. The normalized spacial score (nSPS) is 16.4. The van der Waals surface area contributed by atoms with Gasteiger partial charge in [-0.3, -0.25) is 4.79 Å². The molecule has 0 radical (unpaired) electrons. The van der Waals surface area contributed by atoms with Crippen molar-refractivity contribution in [3.8, 4) is 23.0 Å². The minimum Gasteiger partial charge on any atom is -0.497 e. The number of benzene rings is 2. The summed E-state index contributed by atoms with van der Waals surface area (Å²) in [7, 11) is 1.56. The Labute approximate surface area is 175 Å². The molecule has 3 aromatic rings.